The van der Waals surface area contributed by atoms with Gasteiger partial charge in [0.25, 0.3) is 11.7 Å². The Labute approximate surface area is 177 Å². The molecule has 1 aliphatic heterocycles. The first-order chi connectivity index (χ1) is 14.0. The molecule has 3 heterocycles. The van der Waals surface area contributed by atoms with E-state index in [2.05, 4.69) is 6.92 Å². The number of nitrogens with zero attached hydrogens (tertiary/aromatic N) is 1. The first-order valence-electron chi connectivity index (χ1n) is 9.45. The molecule has 0 aliphatic carbocycles. The molecule has 1 aliphatic rings. The first kappa shape index (κ1) is 19.6. The van der Waals surface area contributed by atoms with Crippen LogP contribution in [0.1, 0.15) is 39.4 Å². The van der Waals surface area contributed by atoms with E-state index in [9.17, 15) is 14.7 Å². The van der Waals surface area contributed by atoms with Gasteiger partial charge >= 0.3 is 0 Å². The zero-order valence-electron chi connectivity index (χ0n) is 16.2. The molecule has 1 atom stereocenters. The average molecular weight is 424 g/mol. The van der Waals surface area contributed by atoms with Crippen LogP contribution in [0.4, 0.5) is 0 Å². The molecule has 29 heavy (non-hydrogen) atoms. The Hall–Kier alpha value is -2.70. The highest BCUT2D eigenvalue weighted by Crippen LogP contribution is 2.43. The number of aliphatic hydroxyl groups excluding tert-OH is 1. The number of likely N-dealkylation sites (tertiary alicyclic amines) is 1. The highest BCUT2D eigenvalue weighted by molar-refractivity contribution is 7.10. The van der Waals surface area contributed by atoms with Gasteiger partial charge in [0.2, 0.25) is 0 Å². The summed E-state index contributed by atoms with van der Waals surface area (Å²) in [5, 5.41) is 15.0. The number of hydrogen-bond acceptors (Lipinski definition) is 5. The van der Waals surface area contributed by atoms with E-state index in [1.54, 1.807) is 28.4 Å². The van der Waals surface area contributed by atoms with Gasteiger partial charge in [0.15, 0.2) is 0 Å². The molecule has 1 fully saturated rings. The number of aliphatic hydroxyl groups is 1. The van der Waals surface area contributed by atoms with E-state index in [4.69, 9.17) is 0 Å². The fourth-order valence-electron chi connectivity index (χ4n) is 3.60. The molecule has 1 amide bonds. The summed E-state index contributed by atoms with van der Waals surface area (Å²) >= 11 is 3.05. The molecule has 0 bridgehead atoms. The molecule has 4 nitrogen and oxygen atoms in total. The summed E-state index contributed by atoms with van der Waals surface area (Å²) in [4.78, 5) is 29.4. The van der Waals surface area contributed by atoms with Gasteiger partial charge in [-0.05, 0) is 47.4 Å². The normalized spacial score (nSPS) is 18.6. The minimum atomic E-state index is -0.628. The van der Waals surface area contributed by atoms with Gasteiger partial charge in [-0.3, -0.25) is 9.59 Å². The molecular formula is C23H21NO3S2. The molecule has 2 aromatic heterocycles. The van der Waals surface area contributed by atoms with Crippen LogP contribution in [0, 0.1) is 6.92 Å². The van der Waals surface area contributed by atoms with Crippen LogP contribution in [0.5, 0.6) is 0 Å². The second-order valence-corrected chi connectivity index (χ2v) is 9.00. The Morgan fingerprint density at radius 3 is 2.41 bits per heavy atom. The molecule has 1 unspecified atom stereocenters. The maximum Gasteiger partial charge on any atom is 0.296 e. The maximum atomic E-state index is 13.0. The Morgan fingerprint density at radius 1 is 1.07 bits per heavy atom. The van der Waals surface area contributed by atoms with E-state index in [1.165, 1.54) is 11.3 Å². The topological polar surface area (TPSA) is 57.6 Å². The van der Waals surface area contributed by atoms with Crippen LogP contribution in [0.3, 0.4) is 0 Å². The molecule has 4 rings (SSSR count). The van der Waals surface area contributed by atoms with Crippen molar-refractivity contribution in [1.29, 1.82) is 0 Å². The van der Waals surface area contributed by atoms with E-state index in [0.29, 0.717) is 12.1 Å². The average Bonchev–Trinajstić information content (AvgIpc) is 3.45. The van der Waals surface area contributed by atoms with Crippen LogP contribution in [-0.4, -0.2) is 21.7 Å². The number of Topliss-reactive ketones (excluding diaryl/α,β-unsaturated/α-hetero) is 1. The highest BCUT2D eigenvalue weighted by Gasteiger charge is 2.47. The summed E-state index contributed by atoms with van der Waals surface area (Å²) in [6.07, 6.45) is 0.890. The van der Waals surface area contributed by atoms with Crippen molar-refractivity contribution in [2.45, 2.75) is 32.9 Å². The van der Waals surface area contributed by atoms with Crippen LogP contribution < -0.4 is 0 Å². The van der Waals surface area contributed by atoms with Crippen molar-refractivity contribution >= 4 is 40.1 Å². The number of carbonyl (C=O) groups is 2. The van der Waals surface area contributed by atoms with Gasteiger partial charge < -0.3 is 10.0 Å². The summed E-state index contributed by atoms with van der Waals surface area (Å²) in [7, 11) is 0. The molecule has 148 valence electrons. The molecule has 6 heteroatoms. The van der Waals surface area contributed by atoms with Crippen LogP contribution in [0.15, 0.2) is 58.8 Å². The predicted molar refractivity (Wildman–Crippen MR) is 117 cm³/mol. The Kier molecular flexibility index (Phi) is 5.39. The second-order valence-electron chi connectivity index (χ2n) is 7.02. The van der Waals surface area contributed by atoms with Gasteiger partial charge in [0.1, 0.15) is 11.8 Å². The smallest absolute Gasteiger partial charge is 0.296 e. The third-order valence-electron chi connectivity index (χ3n) is 5.23. The number of thiophene rings is 2. The van der Waals surface area contributed by atoms with Crippen LogP contribution in [0.25, 0.3) is 5.76 Å². The van der Waals surface area contributed by atoms with Crippen molar-refractivity contribution in [3.05, 3.63) is 85.2 Å². The summed E-state index contributed by atoms with van der Waals surface area (Å²) in [5.41, 5.74) is 2.87. The quantitative estimate of drug-likeness (QED) is 0.344. The highest BCUT2D eigenvalue weighted by atomic mass is 32.1. The second kappa shape index (κ2) is 7.97. The lowest BCUT2D eigenvalue weighted by Crippen LogP contribution is -2.28. The van der Waals surface area contributed by atoms with Gasteiger partial charge in [-0.2, -0.15) is 0 Å². The monoisotopic (exact) mass is 423 g/mol. The standard InChI is InChI=1S/C23H21NO3S2/c1-3-15-6-8-16(9-7-15)20(25)18-19(22-14(2)10-12-29-22)24(23(27)21(18)26)13-17-5-4-11-28-17/h4-12,19,25H,3,13H2,1-2H3/b20-18-. The van der Waals surface area contributed by atoms with Crippen molar-refractivity contribution in [2.75, 3.05) is 0 Å². The van der Waals surface area contributed by atoms with E-state index in [-0.39, 0.29) is 11.3 Å². The van der Waals surface area contributed by atoms with Crippen LogP contribution >= 0.6 is 22.7 Å². The van der Waals surface area contributed by atoms with Gasteiger partial charge in [-0.15, -0.1) is 22.7 Å². The van der Waals surface area contributed by atoms with Crippen LogP contribution in [0.2, 0.25) is 0 Å². The van der Waals surface area contributed by atoms with Crippen molar-refractivity contribution in [1.82, 2.24) is 4.90 Å². The van der Waals surface area contributed by atoms with E-state index >= 15 is 0 Å². The zero-order chi connectivity index (χ0) is 20.5. The molecular weight excluding hydrogens is 402 g/mol. The van der Waals surface area contributed by atoms with Gasteiger partial charge in [0.05, 0.1) is 12.1 Å². The Bertz CT molecular complexity index is 1080. The van der Waals surface area contributed by atoms with Crippen molar-refractivity contribution in [2.24, 2.45) is 0 Å². The third kappa shape index (κ3) is 3.54. The fourth-order valence-corrected chi connectivity index (χ4v) is 5.35. The predicted octanol–water partition coefficient (Wildman–Crippen LogP) is 5.30. The number of carbonyl (C=O) groups excluding carboxylic acids is 2. The molecule has 1 aromatic carbocycles. The van der Waals surface area contributed by atoms with Gasteiger partial charge in [0, 0.05) is 15.3 Å². The third-order valence-corrected chi connectivity index (χ3v) is 7.16. The Balaban J connectivity index is 1.84. The van der Waals surface area contributed by atoms with Crippen LogP contribution in [-0.2, 0) is 22.6 Å². The van der Waals surface area contributed by atoms with Crippen molar-refractivity contribution in [3.8, 4) is 0 Å². The molecule has 1 saturated heterocycles. The SMILES string of the molecule is CCc1ccc(/C(O)=C2/C(=O)C(=O)N(Cc3cccs3)C2c2sccc2C)cc1. The minimum absolute atomic E-state index is 0.113. The molecule has 0 spiro atoms. The lowest BCUT2D eigenvalue weighted by molar-refractivity contribution is -0.140. The van der Waals surface area contributed by atoms with E-state index in [1.807, 2.05) is 48.0 Å². The molecule has 1 N–H and O–H groups in total. The minimum Gasteiger partial charge on any atom is -0.507 e. The number of rotatable bonds is 5. The van der Waals surface area contributed by atoms with Crippen molar-refractivity contribution in [3.63, 3.8) is 0 Å². The number of ketones is 1. The van der Waals surface area contributed by atoms with Gasteiger partial charge in [-0.25, -0.2) is 0 Å². The first-order valence-corrected chi connectivity index (χ1v) is 11.2. The zero-order valence-corrected chi connectivity index (χ0v) is 17.8. The van der Waals surface area contributed by atoms with Gasteiger partial charge in [-0.1, -0.05) is 37.3 Å². The molecule has 0 radical (unpaired) electrons. The summed E-state index contributed by atoms with van der Waals surface area (Å²) < 4.78 is 0. The lowest BCUT2D eigenvalue weighted by atomic mass is 9.97. The lowest BCUT2D eigenvalue weighted by Gasteiger charge is -2.24. The maximum absolute atomic E-state index is 13.0. The number of aryl methyl sites for hydroxylation is 2. The van der Waals surface area contributed by atoms with E-state index in [0.717, 1.165) is 27.3 Å². The summed E-state index contributed by atoms with van der Waals surface area (Å²) in [6, 6.07) is 12.7. The number of amides is 1. The van der Waals surface area contributed by atoms with E-state index < -0.39 is 17.7 Å². The Morgan fingerprint density at radius 2 is 1.83 bits per heavy atom. The fraction of sp³-hybridized carbons (Fsp3) is 0.217. The summed E-state index contributed by atoms with van der Waals surface area (Å²) in [5.74, 6) is -1.31. The number of benzene rings is 1. The summed E-state index contributed by atoms with van der Waals surface area (Å²) in [6.45, 7) is 4.37. The molecule has 3 aromatic rings. The van der Waals surface area contributed by atoms with Crippen molar-refractivity contribution < 1.29 is 14.7 Å². The largest absolute Gasteiger partial charge is 0.507 e. The molecule has 0 saturated carbocycles. The number of hydrogen-bond donors (Lipinski definition) is 1.